The van der Waals surface area contributed by atoms with Crippen LogP contribution in [0.25, 0.3) is 0 Å². The van der Waals surface area contributed by atoms with E-state index in [-0.39, 0.29) is 11.3 Å². The molecule has 33 heavy (non-hydrogen) atoms. The second-order valence-corrected chi connectivity index (χ2v) is 7.07. The van der Waals surface area contributed by atoms with Gasteiger partial charge in [0.1, 0.15) is 18.0 Å². The molecular weight excluding hydrogens is 448 g/mol. The average molecular weight is 474 g/mol. The van der Waals surface area contributed by atoms with Crippen LogP contribution < -0.4 is 5.32 Å². The van der Waals surface area contributed by atoms with E-state index in [1.54, 1.807) is 6.92 Å². The lowest BCUT2D eigenvalue weighted by Gasteiger charge is -2.25. The number of amides is 1. The molecule has 0 saturated carbocycles. The fraction of sp³-hybridized carbons (Fsp3) is 0.409. The molecule has 0 aliphatic rings. The lowest BCUT2D eigenvalue weighted by atomic mass is 9.91. The zero-order chi connectivity index (χ0) is 25.5. The third kappa shape index (κ3) is 7.06. The van der Waals surface area contributed by atoms with Gasteiger partial charge in [-0.05, 0) is 51.3 Å². The molecule has 3 atom stereocenters. The van der Waals surface area contributed by atoms with E-state index in [9.17, 15) is 32.3 Å². The van der Waals surface area contributed by atoms with Crippen molar-refractivity contribution in [1.82, 2.24) is 5.32 Å². The highest BCUT2D eigenvalue weighted by atomic mass is 19.4. The van der Waals surface area contributed by atoms with E-state index >= 15 is 0 Å². The molecule has 11 heteroatoms. The first-order valence-corrected chi connectivity index (χ1v) is 9.77. The summed E-state index contributed by atoms with van der Waals surface area (Å²) in [6.45, 7) is 8.79. The van der Waals surface area contributed by atoms with Crippen LogP contribution in [0.15, 0.2) is 46.5 Å². The summed E-state index contributed by atoms with van der Waals surface area (Å²) < 4.78 is 63.4. The summed E-state index contributed by atoms with van der Waals surface area (Å²) in [4.78, 5) is 28.2. The molecule has 0 aliphatic heterocycles. The van der Waals surface area contributed by atoms with Gasteiger partial charge in [0.15, 0.2) is 17.2 Å². The summed E-state index contributed by atoms with van der Waals surface area (Å²) >= 11 is 0. The summed E-state index contributed by atoms with van der Waals surface area (Å²) in [5, 5.41) is 12.4. The smallest absolute Gasteiger partial charge is 0.416 e. The fourth-order valence-electron chi connectivity index (χ4n) is 2.86. The van der Waals surface area contributed by atoms with Crippen molar-refractivity contribution in [3.05, 3.63) is 58.4 Å². The Morgan fingerprint density at radius 3 is 2.33 bits per heavy atom. The Morgan fingerprint density at radius 2 is 1.85 bits per heavy atom. The van der Waals surface area contributed by atoms with E-state index in [2.05, 4.69) is 17.0 Å². The molecule has 7 nitrogen and oxygen atoms in total. The number of aliphatic hydroxyl groups is 1. The SMILES string of the molecule is C=N/C(C(=O)N[C@@H](C)C(=O)O[C@@H](C)[C@@H](C)c1ccc(F)cc1C(F)(F)F)=C(O)\C(=C/C)OC. The monoisotopic (exact) mass is 474 g/mol. The Morgan fingerprint density at radius 1 is 1.24 bits per heavy atom. The van der Waals surface area contributed by atoms with Gasteiger partial charge < -0.3 is 19.9 Å². The third-order valence-corrected chi connectivity index (χ3v) is 4.83. The van der Waals surface area contributed by atoms with Gasteiger partial charge in [-0.2, -0.15) is 13.2 Å². The van der Waals surface area contributed by atoms with Crippen LogP contribution in [0.2, 0.25) is 0 Å². The molecule has 0 unspecified atom stereocenters. The van der Waals surface area contributed by atoms with Gasteiger partial charge >= 0.3 is 12.1 Å². The highest BCUT2D eigenvalue weighted by molar-refractivity contribution is 5.97. The molecule has 0 fully saturated rings. The first kappa shape index (κ1) is 27.7. The van der Waals surface area contributed by atoms with Crippen LogP contribution in [-0.4, -0.2) is 43.0 Å². The summed E-state index contributed by atoms with van der Waals surface area (Å²) in [5.41, 5.74) is -1.92. The molecule has 1 aromatic carbocycles. The van der Waals surface area contributed by atoms with Crippen molar-refractivity contribution >= 4 is 18.6 Å². The molecule has 1 rings (SSSR count). The van der Waals surface area contributed by atoms with Crippen molar-refractivity contribution in [3.63, 3.8) is 0 Å². The minimum absolute atomic E-state index is 0.0509. The number of hydrogen-bond donors (Lipinski definition) is 2. The number of nitrogens with one attached hydrogen (secondary N) is 1. The molecule has 1 aromatic rings. The number of methoxy groups -OCH3 is 1. The number of allylic oxidation sites excluding steroid dienone is 1. The molecule has 1 amide bonds. The van der Waals surface area contributed by atoms with Crippen LogP contribution in [0, 0.1) is 5.82 Å². The number of carbonyl (C=O) groups is 2. The van der Waals surface area contributed by atoms with Gasteiger partial charge in [-0.25, -0.2) is 9.18 Å². The minimum Gasteiger partial charge on any atom is -0.503 e. The Balaban J connectivity index is 2.98. The molecule has 2 N–H and O–H groups in total. The summed E-state index contributed by atoms with van der Waals surface area (Å²) in [7, 11) is 1.26. The maximum atomic E-state index is 13.4. The molecular formula is C22H26F4N2O5. The first-order chi connectivity index (χ1) is 15.3. The van der Waals surface area contributed by atoms with Gasteiger partial charge in [0, 0.05) is 5.92 Å². The van der Waals surface area contributed by atoms with E-state index in [0.29, 0.717) is 6.07 Å². The second-order valence-electron chi connectivity index (χ2n) is 7.07. The van der Waals surface area contributed by atoms with E-state index in [1.165, 1.54) is 34.0 Å². The van der Waals surface area contributed by atoms with Crippen LogP contribution in [0.3, 0.4) is 0 Å². The number of nitrogens with zero attached hydrogens (tertiary/aromatic N) is 1. The zero-order valence-electron chi connectivity index (χ0n) is 18.8. The Kier molecular flexibility index (Phi) is 9.63. The molecule has 0 spiro atoms. The number of aliphatic imine (C=N–C) groups is 1. The van der Waals surface area contributed by atoms with Crippen molar-refractivity contribution in [2.75, 3.05) is 7.11 Å². The highest BCUT2D eigenvalue weighted by Crippen LogP contribution is 2.37. The van der Waals surface area contributed by atoms with E-state index in [4.69, 9.17) is 9.47 Å². The number of rotatable bonds is 9. The Labute approximate surface area is 188 Å². The van der Waals surface area contributed by atoms with Crippen LogP contribution in [0.5, 0.6) is 0 Å². The number of aliphatic hydroxyl groups excluding tert-OH is 1. The Hall–Kier alpha value is -3.37. The van der Waals surface area contributed by atoms with Crippen molar-refractivity contribution in [2.24, 2.45) is 4.99 Å². The minimum atomic E-state index is -4.80. The lowest BCUT2D eigenvalue weighted by molar-refractivity contribution is -0.152. The van der Waals surface area contributed by atoms with Crippen molar-refractivity contribution in [2.45, 2.75) is 51.9 Å². The van der Waals surface area contributed by atoms with Gasteiger partial charge in [0.2, 0.25) is 0 Å². The van der Waals surface area contributed by atoms with Crippen LogP contribution in [0.4, 0.5) is 17.6 Å². The maximum absolute atomic E-state index is 13.4. The van der Waals surface area contributed by atoms with Crippen LogP contribution in [0.1, 0.15) is 44.7 Å². The quantitative estimate of drug-likeness (QED) is 0.138. The lowest BCUT2D eigenvalue weighted by Crippen LogP contribution is -2.42. The number of hydrogen-bond acceptors (Lipinski definition) is 6. The number of ether oxygens (including phenoxy) is 2. The highest BCUT2D eigenvalue weighted by Gasteiger charge is 2.36. The van der Waals surface area contributed by atoms with E-state index in [1.807, 2.05) is 0 Å². The van der Waals surface area contributed by atoms with Crippen LogP contribution >= 0.6 is 0 Å². The van der Waals surface area contributed by atoms with Gasteiger partial charge in [-0.15, -0.1) is 0 Å². The molecule has 0 bridgehead atoms. The second kappa shape index (κ2) is 11.5. The summed E-state index contributed by atoms with van der Waals surface area (Å²) in [6.07, 6.45) is -4.47. The topological polar surface area (TPSA) is 97.2 Å². The predicted octanol–water partition coefficient (Wildman–Crippen LogP) is 4.40. The van der Waals surface area contributed by atoms with Crippen molar-refractivity contribution < 1.29 is 41.7 Å². The molecule has 0 saturated heterocycles. The average Bonchev–Trinajstić information content (AvgIpc) is 2.73. The van der Waals surface area contributed by atoms with Crippen molar-refractivity contribution in [1.29, 1.82) is 0 Å². The largest absolute Gasteiger partial charge is 0.503 e. The van der Waals surface area contributed by atoms with Gasteiger partial charge in [0.25, 0.3) is 5.91 Å². The zero-order valence-corrected chi connectivity index (χ0v) is 18.8. The molecule has 0 aliphatic carbocycles. The van der Waals surface area contributed by atoms with Gasteiger partial charge in [-0.1, -0.05) is 13.0 Å². The first-order valence-electron chi connectivity index (χ1n) is 9.77. The van der Waals surface area contributed by atoms with E-state index < -0.39 is 59.0 Å². The molecule has 0 aromatic heterocycles. The maximum Gasteiger partial charge on any atom is 0.416 e. The number of alkyl halides is 3. The molecule has 182 valence electrons. The van der Waals surface area contributed by atoms with E-state index in [0.717, 1.165) is 12.1 Å². The Bertz CT molecular complexity index is 957. The third-order valence-electron chi connectivity index (χ3n) is 4.83. The number of esters is 1. The standard InChI is InChI=1S/C22H26F4N2O5/c1-7-17(32-6)19(29)18(27-5)20(30)28-12(3)21(31)33-13(4)11(2)15-9-8-14(23)10-16(15)22(24,25)26/h7-13,29H,5H2,1-4,6H3,(H,28,30)/b17-7+,19-18+/t11-,12+,13+/m1/s1. The van der Waals surface area contributed by atoms with Gasteiger partial charge in [0.05, 0.1) is 12.7 Å². The summed E-state index contributed by atoms with van der Waals surface area (Å²) in [5.74, 6) is -4.55. The number of benzene rings is 1. The van der Waals surface area contributed by atoms with Crippen LogP contribution in [-0.2, 0) is 25.2 Å². The van der Waals surface area contributed by atoms with Gasteiger partial charge in [-0.3, -0.25) is 9.79 Å². The molecule has 0 heterocycles. The number of carbonyl (C=O) groups excluding carboxylic acids is 2. The predicted molar refractivity (Wildman–Crippen MR) is 113 cm³/mol. The number of halogens is 4. The normalized spacial score (nSPS) is 15.6. The summed E-state index contributed by atoms with van der Waals surface area (Å²) in [6, 6.07) is 1.01. The molecule has 0 radical (unpaired) electrons. The van der Waals surface area contributed by atoms with Crippen molar-refractivity contribution in [3.8, 4) is 0 Å². The fourth-order valence-corrected chi connectivity index (χ4v) is 2.86.